The first-order valence-electron chi connectivity index (χ1n) is 6.16. The summed E-state index contributed by atoms with van der Waals surface area (Å²) in [7, 11) is 0. The van der Waals surface area contributed by atoms with E-state index in [4.69, 9.17) is 5.73 Å². The van der Waals surface area contributed by atoms with E-state index in [9.17, 15) is 0 Å². The molecule has 2 aromatic rings. The number of halogens is 1. The van der Waals surface area contributed by atoms with E-state index < -0.39 is 0 Å². The average Bonchev–Trinajstić information content (AvgIpc) is 2.42. The number of hydrogen-bond donors (Lipinski definition) is 1. The lowest BCUT2D eigenvalue weighted by Crippen LogP contribution is -1.98. The summed E-state index contributed by atoms with van der Waals surface area (Å²) in [5.41, 5.74) is 8.30. The summed E-state index contributed by atoms with van der Waals surface area (Å²) in [4.78, 5) is 4.51. The molecule has 18 heavy (non-hydrogen) atoms. The van der Waals surface area contributed by atoms with E-state index in [2.05, 4.69) is 45.2 Å². The summed E-state index contributed by atoms with van der Waals surface area (Å²) in [6.07, 6.45) is 4.91. The maximum Gasteiger partial charge on any atom is 0.126 e. The van der Waals surface area contributed by atoms with Gasteiger partial charge in [-0.15, -0.1) is 0 Å². The van der Waals surface area contributed by atoms with E-state index in [1.807, 2.05) is 18.2 Å². The highest BCUT2D eigenvalue weighted by atomic mass is 79.9. The van der Waals surface area contributed by atoms with E-state index in [1.54, 1.807) is 6.20 Å². The Kier molecular flexibility index (Phi) is 4.76. The lowest BCUT2D eigenvalue weighted by Gasteiger charge is -2.10. The molecular formula is C15H17BrN2. The van der Waals surface area contributed by atoms with E-state index >= 15 is 0 Å². The van der Waals surface area contributed by atoms with Gasteiger partial charge in [0.25, 0.3) is 0 Å². The van der Waals surface area contributed by atoms with Gasteiger partial charge in [-0.05, 0) is 36.5 Å². The lowest BCUT2D eigenvalue weighted by molar-refractivity contribution is 0.729. The second-order valence-corrected chi connectivity index (χ2v) is 5.42. The molecule has 2 nitrogen and oxygen atoms in total. The number of aromatic nitrogens is 1. The van der Waals surface area contributed by atoms with E-state index in [-0.39, 0.29) is 0 Å². The van der Waals surface area contributed by atoms with Gasteiger partial charge in [0.05, 0.1) is 0 Å². The molecule has 0 amide bonds. The third-order valence-electron chi connectivity index (χ3n) is 2.99. The first kappa shape index (κ1) is 13.1. The minimum absolute atomic E-state index is 0.414. The molecule has 1 aromatic carbocycles. The Morgan fingerprint density at radius 1 is 1.11 bits per heavy atom. The first-order chi connectivity index (χ1) is 8.77. The molecule has 0 aliphatic carbocycles. The number of nitrogens with zero attached hydrogens (tertiary/aromatic N) is 1. The van der Waals surface area contributed by atoms with Crippen LogP contribution in [-0.2, 0) is 6.42 Å². The Hall–Kier alpha value is -1.35. The number of hydrogen-bond acceptors (Lipinski definition) is 2. The Labute approximate surface area is 116 Å². The zero-order valence-corrected chi connectivity index (χ0v) is 11.8. The minimum atomic E-state index is 0.414. The topological polar surface area (TPSA) is 38.9 Å². The van der Waals surface area contributed by atoms with Gasteiger partial charge in [0.2, 0.25) is 0 Å². The van der Waals surface area contributed by atoms with Crippen molar-refractivity contribution >= 4 is 21.7 Å². The van der Waals surface area contributed by atoms with Crippen molar-refractivity contribution in [2.75, 3.05) is 5.73 Å². The van der Waals surface area contributed by atoms with Crippen molar-refractivity contribution in [3.05, 3.63) is 59.8 Å². The first-order valence-corrected chi connectivity index (χ1v) is 7.07. The second-order valence-electron chi connectivity index (χ2n) is 4.32. The van der Waals surface area contributed by atoms with E-state index in [0.29, 0.717) is 10.6 Å². The van der Waals surface area contributed by atoms with Gasteiger partial charge in [0, 0.05) is 11.0 Å². The maximum atomic E-state index is 5.83. The van der Waals surface area contributed by atoms with Gasteiger partial charge >= 0.3 is 0 Å². The van der Waals surface area contributed by atoms with Crippen LogP contribution in [0.25, 0.3) is 0 Å². The molecule has 0 spiro atoms. The van der Waals surface area contributed by atoms with Crippen LogP contribution in [0.4, 0.5) is 5.82 Å². The van der Waals surface area contributed by atoms with Crippen molar-refractivity contribution in [3.63, 3.8) is 0 Å². The molecule has 1 atom stereocenters. The van der Waals surface area contributed by atoms with Crippen LogP contribution in [0.3, 0.4) is 0 Å². The van der Waals surface area contributed by atoms with Crippen molar-refractivity contribution in [3.8, 4) is 0 Å². The van der Waals surface area contributed by atoms with Crippen LogP contribution in [0.15, 0.2) is 48.7 Å². The largest absolute Gasteiger partial charge is 0.383 e. The second kappa shape index (κ2) is 6.55. The number of nitrogens with two attached hydrogens (primary N) is 1. The molecule has 0 saturated carbocycles. The van der Waals surface area contributed by atoms with Gasteiger partial charge in [0.1, 0.15) is 5.82 Å². The number of nitrogen functional groups attached to an aromatic ring is 1. The summed E-state index contributed by atoms with van der Waals surface area (Å²) in [6.45, 7) is 0. The molecule has 0 radical (unpaired) electrons. The summed E-state index contributed by atoms with van der Waals surface area (Å²) in [6, 6.07) is 14.5. The van der Waals surface area contributed by atoms with Crippen molar-refractivity contribution in [2.24, 2.45) is 0 Å². The van der Waals surface area contributed by atoms with Gasteiger partial charge < -0.3 is 5.73 Å². The van der Waals surface area contributed by atoms with Crippen molar-refractivity contribution in [2.45, 2.75) is 24.1 Å². The molecule has 2 N–H and O–H groups in total. The predicted molar refractivity (Wildman–Crippen MR) is 79.7 cm³/mol. The molecule has 1 unspecified atom stereocenters. The third-order valence-corrected chi connectivity index (χ3v) is 3.98. The molecule has 1 aromatic heterocycles. The van der Waals surface area contributed by atoms with Crippen LogP contribution >= 0.6 is 15.9 Å². The smallest absolute Gasteiger partial charge is 0.126 e. The quantitative estimate of drug-likeness (QED) is 0.844. The molecule has 0 aliphatic rings. The van der Waals surface area contributed by atoms with Crippen LogP contribution in [0, 0.1) is 0 Å². The van der Waals surface area contributed by atoms with E-state index in [1.165, 1.54) is 5.56 Å². The standard InChI is InChI=1S/C15H17BrN2/c16-14(12-6-2-1-3-7-12)10-4-8-13-9-5-11-18-15(13)17/h1-3,5-7,9,11,14H,4,8,10H2,(H2,17,18). The van der Waals surface area contributed by atoms with Gasteiger partial charge in [-0.3, -0.25) is 0 Å². The normalized spacial score (nSPS) is 12.3. The third kappa shape index (κ3) is 3.57. The number of aryl methyl sites for hydroxylation is 1. The van der Waals surface area contributed by atoms with Crippen molar-refractivity contribution in [1.82, 2.24) is 4.98 Å². The molecule has 1 heterocycles. The number of anilines is 1. The summed E-state index contributed by atoms with van der Waals surface area (Å²) < 4.78 is 0. The van der Waals surface area contributed by atoms with Gasteiger partial charge in [-0.1, -0.05) is 52.3 Å². The Morgan fingerprint density at radius 3 is 2.61 bits per heavy atom. The fraction of sp³-hybridized carbons (Fsp3) is 0.267. The molecule has 94 valence electrons. The molecule has 0 aliphatic heterocycles. The fourth-order valence-corrected chi connectivity index (χ4v) is 2.59. The van der Waals surface area contributed by atoms with Crippen LogP contribution < -0.4 is 5.73 Å². The number of alkyl halides is 1. The highest BCUT2D eigenvalue weighted by Crippen LogP contribution is 2.28. The SMILES string of the molecule is Nc1ncccc1CCCC(Br)c1ccccc1. The number of rotatable bonds is 5. The van der Waals surface area contributed by atoms with Gasteiger partial charge in [0.15, 0.2) is 0 Å². The van der Waals surface area contributed by atoms with Crippen LogP contribution in [-0.4, -0.2) is 4.98 Å². The average molecular weight is 305 g/mol. The molecule has 0 saturated heterocycles. The number of pyridine rings is 1. The maximum absolute atomic E-state index is 5.83. The highest BCUT2D eigenvalue weighted by molar-refractivity contribution is 9.09. The predicted octanol–water partition coefficient (Wildman–Crippen LogP) is 4.12. The molecular weight excluding hydrogens is 288 g/mol. The zero-order valence-electron chi connectivity index (χ0n) is 10.2. The van der Waals surface area contributed by atoms with Gasteiger partial charge in [-0.25, -0.2) is 4.98 Å². The Balaban J connectivity index is 1.84. The van der Waals surface area contributed by atoms with Crippen LogP contribution in [0.2, 0.25) is 0 Å². The Morgan fingerprint density at radius 2 is 1.89 bits per heavy atom. The van der Waals surface area contributed by atoms with Crippen molar-refractivity contribution in [1.29, 1.82) is 0 Å². The summed E-state index contributed by atoms with van der Waals surface area (Å²) in [5.74, 6) is 0.656. The van der Waals surface area contributed by atoms with Crippen LogP contribution in [0.1, 0.15) is 28.8 Å². The zero-order chi connectivity index (χ0) is 12.8. The molecule has 2 rings (SSSR count). The number of benzene rings is 1. The Bertz CT molecular complexity index is 485. The molecule has 0 fully saturated rings. The monoisotopic (exact) mass is 304 g/mol. The lowest BCUT2D eigenvalue weighted by atomic mass is 10.0. The summed E-state index contributed by atoms with van der Waals surface area (Å²) >= 11 is 3.73. The molecule has 3 heteroatoms. The fourth-order valence-electron chi connectivity index (χ4n) is 1.96. The molecule has 0 bridgehead atoms. The highest BCUT2D eigenvalue weighted by Gasteiger charge is 2.07. The summed E-state index contributed by atoms with van der Waals surface area (Å²) in [5, 5.41) is 0. The van der Waals surface area contributed by atoms with Crippen molar-refractivity contribution < 1.29 is 0 Å². The minimum Gasteiger partial charge on any atom is -0.383 e. The van der Waals surface area contributed by atoms with Crippen LogP contribution in [0.5, 0.6) is 0 Å². The van der Waals surface area contributed by atoms with Gasteiger partial charge in [-0.2, -0.15) is 0 Å². The van der Waals surface area contributed by atoms with E-state index in [0.717, 1.165) is 24.8 Å².